The Bertz CT molecular complexity index is 1710. The number of unbranched alkanes of at least 4 members (excludes halogenated alkanes) is 24. The van der Waals surface area contributed by atoms with Gasteiger partial charge < -0.3 is 8.83 Å². The van der Waals surface area contributed by atoms with E-state index in [1.54, 1.807) is 34.8 Å². The van der Waals surface area contributed by atoms with Crippen molar-refractivity contribution in [1.29, 1.82) is 0 Å². The van der Waals surface area contributed by atoms with Gasteiger partial charge in [-0.1, -0.05) is 233 Å². The van der Waals surface area contributed by atoms with Gasteiger partial charge in [-0.3, -0.25) is 0 Å². The maximum atomic E-state index is 13.6. The molecule has 0 aliphatic heterocycles. The maximum Gasteiger partial charge on any atom is 0.344 e. The van der Waals surface area contributed by atoms with Crippen LogP contribution in [0.15, 0.2) is 53.4 Å². The van der Waals surface area contributed by atoms with Gasteiger partial charge in [-0.25, -0.2) is 9.59 Å². The molecule has 6 heteroatoms. The second kappa shape index (κ2) is 32.3. The lowest BCUT2D eigenvalue weighted by Gasteiger charge is -2.16. The summed E-state index contributed by atoms with van der Waals surface area (Å²) in [5.41, 5.74) is 1.68. The molecule has 0 amide bonds. The molecule has 0 saturated carbocycles. The van der Waals surface area contributed by atoms with Crippen LogP contribution in [0.5, 0.6) is 0 Å². The minimum Gasteiger partial charge on any atom is -0.421 e. The zero-order valence-electron chi connectivity index (χ0n) is 40.1. The van der Waals surface area contributed by atoms with Crippen LogP contribution in [0.3, 0.4) is 0 Å². The van der Waals surface area contributed by atoms with Crippen LogP contribution in [0.4, 0.5) is 0 Å². The Labute approximate surface area is 386 Å². The lowest BCUT2D eigenvalue weighted by Crippen LogP contribution is -2.08. The zero-order valence-corrected chi connectivity index (χ0v) is 41.7. The summed E-state index contributed by atoms with van der Waals surface area (Å²) >= 11 is 3.22. The number of fused-ring (bicyclic) bond motifs is 1. The predicted octanol–water partition coefficient (Wildman–Crippen LogP) is 19.1. The average Bonchev–Trinajstić information content (AvgIpc) is 3.95. The van der Waals surface area contributed by atoms with E-state index < -0.39 is 11.3 Å². The third kappa shape index (κ3) is 20.2. The second-order valence-electron chi connectivity index (χ2n) is 19.0. The summed E-state index contributed by atoms with van der Waals surface area (Å²) in [6.45, 7) is 9.15. The van der Waals surface area contributed by atoms with Crippen LogP contribution in [0.2, 0.25) is 0 Å². The molecule has 0 aromatic carbocycles. The topological polar surface area (TPSA) is 60.4 Å². The molecule has 4 aromatic rings. The van der Waals surface area contributed by atoms with E-state index in [0.717, 1.165) is 22.6 Å². The molecule has 4 heterocycles. The molecule has 0 fully saturated rings. The van der Waals surface area contributed by atoms with Gasteiger partial charge in [-0.05, 0) is 70.8 Å². The highest BCUT2D eigenvalue weighted by Crippen LogP contribution is 2.34. The highest BCUT2D eigenvalue weighted by molar-refractivity contribution is 7.14. The first-order valence-corrected chi connectivity index (χ1v) is 28.0. The van der Waals surface area contributed by atoms with Crippen molar-refractivity contribution in [3.63, 3.8) is 0 Å². The first-order chi connectivity index (χ1) is 30.4. The summed E-state index contributed by atoms with van der Waals surface area (Å²) in [5, 5.41) is 5.06. The molecule has 4 aromatic heterocycles. The van der Waals surface area contributed by atoms with Crippen LogP contribution in [-0.2, 0) is 12.8 Å². The van der Waals surface area contributed by atoms with E-state index in [-0.39, 0.29) is 0 Å². The molecule has 0 bridgehead atoms. The highest BCUT2D eigenvalue weighted by Gasteiger charge is 2.18. The first kappa shape index (κ1) is 52.2. The van der Waals surface area contributed by atoms with Crippen molar-refractivity contribution < 1.29 is 8.83 Å². The molecule has 4 nitrogen and oxygen atoms in total. The lowest BCUT2D eigenvalue weighted by molar-refractivity contribution is 0.400. The maximum absolute atomic E-state index is 13.6. The Balaban J connectivity index is 1.39. The van der Waals surface area contributed by atoms with Crippen LogP contribution in [0.25, 0.3) is 32.0 Å². The van der Waals surface area contributed by atoms with Crippen molar-refractivity contribution in [2.75, 3.05) is 0 Å². The fourth-order valence-corrected chi connectivity index (χ4v) is 11.3. The van der Waals surface area contributed by atoms with E-state index in [9.17, 15) is 9.59 Å². The quantitative estimate of drug-likeness (QED) is 0.0421. The average molecular weight is 889 g/mol. The molecule has 0 spiro atoms. The van der Waals surface area contributed by atoms with E-state index in [1.807, 2.05) is 0 Å². The summed E-state index contributed by atoms with van der Waals surface area (Å²) < 4.78 is 11.9. The predicted molar refractivity (Wildman–Crippen MR) is 272 cm³/mol. The van der Waals surface area contributed by atoms with Crippen molar-refractivity contribution in [2.45, 2.75) is 246 Å². The van der Waals surface area contributed by atoms with Crippen LogP contribution in [-0.4, -0.2) is 0 Å². The van der Waals surface area contributed by atoms with E-state index in [0.29, 0.717) is 34.1 Å². The van der Waals surface area contributed by atoms with E-state index in [2.05, 4.69) is 50.6 Å². The second-order valence-corrected chi connectivity index (χ2v) is 20.9. The highest BCUT2D eigenvalue weighted by atomic mass is 32.1. The zero-order chi connectivity index (χ0) is 44.0. The SMILES string of the molecule is CCCCCCCCCCC(CCCCCCCC)Cc1csc(-c2cc3c(=O)oc(-c4cc(CC(CCCCCCCC)CCCCCCCCCC)cs4)cc3c(=O)o2)c1. The summed E-state index contributed by atoms with van der Waals surface area (Å²) in [6, 6.07) is 7.84. The summed E-state index contributed by atoms with van der Waals surface area (Å²) in [5.74, 6) is 2.27. The summed E-state index contributed by atoms with van der Waals surface area (Å²) in [4.78, 5) is 28.9. The van der Waals surface area contributed by atoms with Gasteiger partial charge in [0.1, 0.15) is 11.5 Å². The largest absolute Gasteiger partial charge is 0.421 e. The van der Waals surface area contributed by atoms with E-state index in [4.69, 9.17) is 8.83 Å². The summed E-state index contributed by atoms with van der Waals surface area (Å²) in [6.07, 6.45) is 44.9. The molecule has 0 radical (unpaired) electrons. The molecule has 2 unspecified atom stereocenters. The molecule has 4 rings (SSSR count). The van der Waals surface area contributed by atoms with Crippen LogP contribution < -0.4 is 11.3 Å². The normalized spacial score (nSPS) is 12.8. The number of hydrogen-bond donors (Lipinski definition) is 0. The monoisotopic (exact) mass is 889 g/mol. The van der Waals surface area contributed by atoms with Crippen molar-refractivity contribution in [3.8, 4) is 21.3 Å². The standard InChI is InChI=1S/C56H88O4S2/c1-5-9-13-17-21-23-27-31-35-45(33-29-25-19-15-11-7-3)37-47-39-53(61-43-47)51-41-49-50(55(57)59-51)42-52(60-56(49)58)54-40-48(44-62-54)38-46(34-30-26-20-16-12-8-4)36-32-28-24-22-18-14-10-6-2/h39-46H,5-38H2,1-4H3. The minimum atomic E-state index is -0.474. The van der Waals surface area contributed by atoms with Gasteiger partial charge in [0.2, 0.25) is 0 Å². The molecule has 62 heavy (non-hydrogen) atoms. The molecular weight excluding hydrogens is 801 g/mol. The van der Waals surface area contributed by atoms with E-state index >= 15 is 0 Å². The third-order valence-corrected chi connectivity index (χ3v) is 15.4. The van der Waals surface area contributed by atoms with E-state index in [1.165, 1.54) is 217 Å². The third-order valence-electron chi connectivity index (χ3n) is 13.4. The Kier molecular flexibility index (Phi) is 27.1. The van der Waals surface area contributed by atoms with Gasteiger partial charge in [0.05, 0.1) is 20.5 Å². The van der Waals surface area contributed by atoms with Crippen molar-refractivity contribution in [3.05, 3.63) is 67.0 Å². The first-order valence-electron chi connectivity index (χ1n) is 26.2. The fraction of sp³-hybridized carbons (Fsp3) is 0.714. The van der Waals surface area contributed by atoms with Gasteiger partial charge in [0.25, 0.3) is 0 Å². The molecule has 0 N–H and O–H groups in total. The lowest BCUT2D eigenvalue weighted by atomic mass is 9.89. The van der Waals surface area contributed by atoms with Crippen molar-refractivity contribution in [2.24, 2.45) is 11.8 Å². The summed E-state index contributed by atoms with van der Waals surface area (Å²) in [7, 11) is 0. The van der Waals surface area contributed by atoms with Crippen molar-refractivity contribution >= 4 is 33.4 Å². The number of rotatable bonds is 38. The van der Waals surface area contributed by atoms with Gasteiger partial charge in [0.15, 0.2) is 0 Å². The molecule has 0 aliphatic rings. The molecular formula is C56H88O4S2. The van der Waals surface area contributed by atoms with Gasteiger partial charge in [-0.2, -0.15) is 0 Å². The molecule has 348 valence electrons. The Morgan fingerprint density at radius 1 is 0.387 bits per heavy atom. The molecule has 2 atom stereocenters. The Morgan fingerprint density at radius 2 is 0.661 bits per heavy atom. The van der Waals surface area contributed by atoms with Gasteiger partial charge in [0, 0.05) is 0 Å². The van der Waals surface area contributed by atoms with Crippen LogP contribution in [0.1, 0.15) is 244 Å². The van der Waals surface area contributed by atoms with Crippen LogP contribution in [0, 0.1) is 11.8 Å². The molecule has 0 saturated heterocycles. The van der Waals surface area contributed by atoms with Crippen LogP contribution >= 0.6 is 22.7 Å². The Hall–Kier alpha value is -2.44. The molecule has 0 aliphatic carbocycles. The fourth-order valence-electron chi connectivity index (χ4n) is 9.51. The van der Waals surface area contributed by atoms with Gasteiger partial charge in [-0.15, -0.1) is 22.7 Å². The van der Waals surface area contributed by atoms with Gasteiger partial charge >= 0.3 is 11.3 Å². The number of thiophene rings is 2. The Morgan fingerprint density at radius 3 is 0.952 bits per heavy atom. The number of hydrogen-bond acceptors (Lipinski definition) is 6. The van der Waals surface area contributed by atoms with Crippen molar-refractivity contribution in [1.82, 2.24) is 0 Å². The minimum absolute atomic E-state index is 0.298. The smallest absolute Gasteiger partial charge is 0.344 e.